The highest BCUT2D eigenvalue weighted by molar-refractivity contribution is 7.92. The quantitative estimate of drug-likeness (QED) is 0.893. The van der Waals surface area contributed by atoms with E-state index >= 15 is 0 Å². The van der Waals surface area contributed by atoms with Crippen LogP contribution >= 0.6 is 11.3 Å². The Kier molecular flexibility index (Phi) is 3.72. The number of thiophene rings is 1. The number of hydrogen-bond donors (Lipinski definition) is 1. The van der Waals surface area contributed by atoms with Crippen molar-refractivity contribution in [2.24, 2.45) is 5.73 Å². The average molecular weight is 300 g/mol. The van der Waals surface area contributed by atoms with Crippen molar-refractivity contribution in [2.45, 2.75) is 17.9 Å². The minimum Gasteiger partial charge on any atom is -0.444 e. The van der Waals surface area contributed by atoms with E-state index < -0.39 is 21.0 Å². The summed E-state index contributed by atoms with van der Waals surface area (Å²) in [5.41, 5.74) is 5.26. The molecule has 2 heterocycles. The Morgan fingerprint density at radius 1 is 1.58 bits per heavy atom. The van der Waals surface area contributed by atoms with E-state index in [0.29, 0.717) is 5.89 Å². The van der Waals surface area contributed by atoms with Gasteiger partial charge >= 0.3 is 0 Å². The maximum absolute atomic E-state index is 11.9. The predicted molar refractivity (Wildman–Crippen MR) is 71.1 cm³/mol. The second kappa shape index (κ2) is 5.14. The zero-order valence-electron chi connectivity index (χ0n) is 10.1. The maximum Gasteiger partial charge on any atom is 0.236 e. The molecule has 0 aliphatic heterocycles. The van der Waals surface area contributed by atoms with E-state index in [1.165, 1.54) is 24.5 Å². The number of oxazole rings is 1. The summed E-state index contributed by atoms with van der Waals surface area (Å²) >= 11 is 1.44. The van der Waals surface area contributed by atoms with Gasteiger partial charge in [0, 0.05) is 0 Å². The third-order valence-corrected chi connectivity index (χ3v) is 5.44. The first kappa shape index (κ1) is 13.8. The van der Waals surface area contributed by atoms with Crippen molar-refractivity contribution in [3.63, 3.8) is 0 Å². The zero-order valence-corrected chi connectivity index (χ0v) is 11.7. The first-order valence-corrected chi connectivity index (χ1v) is 7.99. The van der Waals surface area contributed by atoms with Crippen LogP contribution < -0.4 is 5.73 Å². The molecular weight excluding hydrogens is 288 g/mol. The molecule has 2 rings (SSSR count). The monoisotopic (exact) mass is 300 g/mol. The van der Waals surface area contributed by atoms with Crippen LogP contribution in [0.25, 0.3) is 10.8 Å². The maximum atomic E-state index is 11.9. The van der Waals surface area contributed by atoms with Gasteiger partial charge in [-0.15, -0.1) is 11.3 Å². The molecule has 0 spiro atoms. The van der Waals surface area contributed by atoms with Crippen LogP contribution in [0.4, 0.5) is 0 Å². The fourth-order valence-electron chi connectivity index (χ4n) is 1.39. The molecule has 0 fully saturated rings. The van der Waals surface area contributed by atoms with Gasteiger partial charge in [-0.1, -0.05) is 6.07 Å². The van der Waals surface area contributed by atoms with Gasteiger partial charge in [0.2, 0.25) is 11.8 Å². The number of aromatic nitrogens is 1. The summed E-state index contributed by atoms with van der Waals surface area (Å²) in [4.78, 5) is 15.8. The molecule has 0 aromatic carbocycles. The Morgan fingerprint density at radius 2 is 2.32 bits per heavy atom. The van der Waals surface area contributed by atoms with Crippen molar-refractivity contribution in [2.75, 3.05) is 0 Å². The van der Waals surface area contributed by atoms with Gasteiger partial charge in [-0.2, -0.15) is 0 Å². The van der Waals surface area contributed by atoms with Gasteiger partial charge in [0.05, 0.1) is 16.3 Å². The third-order valence-electron chi connectivity index (χ3n) is 2.57. The lowest BCUT2D eigenvalue weighted by Gasteiger charge is -2.06. The Labute approximate surface area is 114 Å². The van der Waals surface area contributed by atoms with Crippen LogP contribution in [-0.2, 0) is 20.4 Å². The summed E-state index contributed by atoms with van der Waals surface area (Å²) in [5, 5.41) is 0.625. The van der Waals surface area contributed by atoms with E-state index in [4.69, 9.17) is 10.2 Å². The second-order valence-electron chi connectivity index (χ2n) is 3.97. The van der Waals surface area contributed by atoms with E-state index in [0.717, 1.165) is 4.88 Å². The number of carbonyl (C=O) groups is 1. The predicted octanol–water partition coefficient (Wildman–Crippen LogP) is 1.19. The van der Waals surface area contributed by atoms with Gasteiger partial charge in [-0.05, 0) is 18.4 Å². The molecule has 0 saturated carbocycles. The highest BCUT2D eigenvalue weighted by Gasteiger charge is 2.27. The fourth-order valence-corrected chi connectivity index (χ4v) is 3.20. The summed E-state index contributed by atoms with van der Waals surface area (Å²) in [5.74, 6) is -0.875. The van der Waals surface area contributed by atoms with Gasteiger partial charge in [0.1, 0.15) is 11.5 Å². The van der Waals surface area contributed by atoms with Gasteiger partial charge in [-0.3, -0.25) is 4.79 Å². The van der Waals surface area contributed by atoms with Gasteiger partial charge in [0.25, 0.3) is 0 Å². The number of primary amides is 1. The molecule has 0 aliphatic carbocycles. The van der Waals surface area contributed by atoms with E-state index in [2.05, 4.69) is 4.98 Å². The van der Waals surface area contributed by atoms with Crippen LogP contribution in [0.15, 0.2) is 28.2 Å². The molecule has 2 N–H and O–H groups in total. The van der Waals surface area contributed by atoms with Crippen LogP contribution in [0.3, 0.4) is 0 Å². The Balaban J connectivity index is 2.19. The Bertz CT molecular complexity index is 673. The Hall–Kier alpha value is -1.67. The number of nitrogens with zero attached hydrogens (tertiary/aromatic N) is 1. The lowest BCUT2D eigenvalue weighted by atomic mass is 10.5. The van der Waals surface area contributed by atoms with Crippen molar-refractivity contribution in [3.8, 4) is 10.8 Å². The van der Waals surface area contributed by atoms with Gasteiger partial charge in [0.15, 0.2) is 9.84 Å². The first-order valence-electron chi connectivity index (χ1n) is 5.39. The van der Waals surface area contributed by atoms with Crippen molar-refractivity contribution in [1.82, 2.24) is 4.98 Å². The molecule has 0 aliphatic rings. The smallest absolute Gasteiger partial charge is 0.236 e. The number of hydrogen-bond acceptors (Lipinski definition) is 6. The molecule has 0 bridgehead atoms. The molecule has 102 valence electrons. The average Bonchev–Trinajstić information content (AvgIpc) is 2.96. The third kappa shape index (κ3) is 3.02. The molecule has 2 aromatic heterocycles. The van der Waals surface area contributed by atoms with Gasteiger partial charge in [-0.25, -0.2) is 13.4 Å². The normalized spacial score (nSPS) is 13.3. The van der Waals surface area contributed by atoms with Crippen LogP contribution in [0, 0.1) is 0 Å². The van der Waals surface area contributed by atoms with Crippen molar-refractivity contribution in [3.05, 3.63) is 29.5 Å². The molecule has 1 amide bonds. The highest BCUT2D eigenvalue weighted by atomic mass is 32.2. The number of nitrogens with two attached hydrogens (primary N) is 1. The largest absolute Gasteiger partial charge is 0.444 e. The molecule has 2 aromatic rings. The standard InChI is InChI=1S/C11H12N2O4S2/c1-7(10(12)14)19(15,16)6-8-5-17-11(13-8)9-3-2-4-18-9/h2-5,7H,6H2,1H3,(H2,12,14). The van der Waals surface area contributed by atoms with Crippen molar-refractivity contribution in [1.29, 1.82) is 0 Å². The summed E-state index contributed by atoms with van der Waals surface area (Å²) < 4.78 is 28.9. The minimum absolute atomic E-state index is 0.261. The Morgan fingerprint density at radius 3 is 2.89 bits per heavy atom. The molecular formula is C11H12N2O4S2. The molecule has 0 radical (unpaired) electrons. The topological polar surface area (TPSA) is 103 Å². The number of carbonyl (C=O) groups excluding carboxylic acids is 1. The minimum atomic E-state index is -3.66. The van der Waals surface area contributed by atoms with Crippen LogP contribution in [0.1, 0.15) is 12.6 Å². The summed E-state index contributed by atoms with van der Waals surface area (Å²) in [6.45, 7) is 1.26. The fraction of sp³-hybridized carbons (Fsp3) is 0.273. The van der Waals surface area contributed by atoms with Crippen LogP contribution in [0.5, 0.6) is 0 Å². The van der Waals surface area contributed by atoms with Crippen molar-refractivity contribution < 1.29 is 17.6 Å². The lowest BCUT2D eigenvalue weighted by molar-refractivity contribution is -0.117. The molecule has 0 saturated heterocycles. The van der Waals surface area contributed by atoms with E-state index in [1.54, 1.807) is 0 Å². The molecule has 6 nitrogen and oxygen atoms in total. The van der Waals surface area contributed by atoms with E-state index in [9.17, 15) is 13.2 Å². The second-order valence-corrected chi connectivity index (χ2v) is 7.24. The zero-order chi connectivity index (χ0) is 14.0. The summed E-state index contributed by atoms with van der Waals surface area (Å²) in [7, 11) is -3.66. The van der Waals surface area contributed by atoms with E-state index in [-0.39, 0.29) is 11.4 Å². The molecule has 1 atom stereocenters. The van der Waals surface area contributed by atoms with Crippen LogP contribution in [-0.4, -0.2) is 24.6 Å². The molecule has 19 heavy (non-hydrogen) atoms. The van der Waals surface area contributed by atoms with Gasteiger partial charge < -0.3 is 10.2 Å². The molecule has 1 unspecified atom stereocenters. The van der Waals surface area contributed by atoms with Crippen LogP contribution in [0.2, 0.25) is 0 Å². The number of sulfone groups is 1. The highest BCUT2D eigenvalue weighted by Crippen LogP contribution is 2.24. The van der Waals surface area contributed by atoms with E-state index in [1.807, 2.05) is 17.5 Å². The molecule has 8 heteroatoms. The lowest BCUT2D eigenvalue weighted by Crippen LogP contribution is -2.34. The summed E-state index contributed by atoms with van der Waals surface area (Å²) in [6, 6.07) is 3.66. The first-order chi connectivity index (χ1) is 8.90. The SMILES string of the molecule is CC(C(N)=O)S(=O)(=O)Cc1coc(-c2cccs2)n1. The number of amides is 1. The van der Waals surface area contributed by atoms with Crippen molar-refractivity contribution >= 4 is 27.1 Å². The summed E-state index contributed by atoms with van der Waals surface area (Å²) in [6.07, 6.45) is 1.28. The number of rotatable bonds is 5.